The van der Waals surface area contributed by atoms with Gasteiger partial charge in [-0.05, 0) is 61.6 Å². The first-order valence-corrected chi connectivity index (χ1v) is 11.8. The summed E-state index contributed by atoms with van der Waals surface area (Å²) >= 11 is 0. The third-order valence-electron chi connectivity index (χ3n) is 6.29. The zero-order valence-corrected chi connectivity index (χ0v) is 19.2. The lowest BCUT2D eigenvalue weighted by atomic mass is 9.77. The summed E-state index contributed by atoms with van der Waals surface area (Å²) in [4.78, 5) is 23.0. The van der Waals surface area contributed by atoms with Crippen molar-refractivity contribution in [3.8, 4) is 0 Å². The minimum Gasteiger partial charge on any atom is -0.478 e. The Balaban J connectivity index is 1.86. The summed E-state index contributed by atoms with van der Waals surface area (Å²) in [5, 5.41) is 9.46. The molecule has 0 amide bonds. The monoisotopic (exact) mass is 426 g/mol. The maximum atomic E-state index is 11.5. The first-order valence-electron chi connectivity index (χ1n) is 11.8. The van der Waals surface area contributed by atoms with Crippen LogP contribution < -0.4 is 0 Å². The van der Waals surface area contributed by atoms with Gasteiger partial charge in [-0.3, -0.25) is 0 Å². The smallest absolute Gasteiger partial charge is 0.333 e. The molecule has 1 saturated carbocycles. The number of carbonyl (C=O) groups is 2. The summed E-state index contributed by atoms with van der Waals surface area (Å²) in [5.74, 6) is 0.0234. The fourth-order valence-corrected chi connectivity index (χ4v) is 4.33. The quantitative estimate of drug-likeness (QED) is 0.224. The highest BCUT2D eigenvalue weighted by Crippen LogP contribution is 2.37. The highest BCUT2D eigenvalue weighted by atomic mass is 16.5. The van der Waals surface area contributed by atoms with Crippen LogP contribution in [0.5, 0.6) is 0 Å². The lowest BCUT2D eigenvalue weighted by molar-refractivity contribution is -0.139. The normalized spacial score (nSPS) is 19.1. The standard InChI is InChI=1S/C27H38O4/c1-4-5-6-7-8-21-9-13-23(14-10-21)24-15-11-22(12-16-24)19-25(26(28)29)17-18-31-27(30)20(2)3/h11-12,15-16,19,21,23H,2,4-10,13-14,17-18H2,1,3H3,(H,28,29). The van der Waals surface area contributed by atoms with Crippen molar-refractivity contribution in [1.29, 1.82) is 0 Å². The predicted molar refractivity (Wildman–Crippen MR) is 126 cm³/mol. The molecule has 0 atom stereocenters. The molecule has 4 nitrogen and oxygen atoms in total. The van der Waals surface area contributed by atoms with Crippen LogP contribution in [0.15, 0.2) is 42.0 Å². The molecule has 2 rings (SSSR count). The summed E-state index contributed by atoms with van der Waals surface area (Å²) in [7, 11) is 0. The second kappa shape index (κ2) is 13.1. The van der Waals surface area contributed by atoms with Crippen LogP contribution in [0.1, 0.15) is 95.1 Å². The van der Waals surface area contributed by atoms with Crippen molar-refractivity contribution >= 4 is 18.0 Å². The van der Waals surface area contributed by atoms with Crippen molar-refractivity contribution in [3.05, 3.63) is 53.1 Å². The molecule has 0 unspecified atom stereocenters. The highest BCUT2D eigenvalue weighted by Gasteiger charge is 2.22. The number of unbranched alkanes of at least 4 members (excludes halogenated alkanes) is 3. The minimum absolute atomic E-state index is 0.0313. The van der Waals surface area contributed by atoms with E-state index < -0.39 is 11.9 Å². The third-order valence-corrected chi connectivity index (χ3v) is 6.29. The van der Waals surface area contributed by atoms with Crippen LogP contribution in [0, 0.1) is 5.92 Å². The van der Waals surface area contributed by atoms with Crippen molar-refractivity contribution in [2.24, 2.45) is 5.92 Å². The third kappa shape index (κ3) is 8.72. The number of carboxylic acids is 1. The highest BCUT2D eigenvalue weighted by molar-refractivity contribution is 5.92. The maximum absolute atomic E-state index is 11.5. The van der Waals surface area contributed by atoms with Gasteiger partial charge in [-0.15, -0.1) is 0 Å². The summed E-state index contributed by atoms with van der Waals surface area (Å²) in [6.07, 6.45) is 13.8. The number of carbonyl (C=O) groups excluding carboxylic acids is 1. The summed E-state index contributed by atoms with van der Waals surface area (Å²) in [6.45, 7) is 7.38. The van der Waals surface area contributed by atoms with Gasteiger partial charge < -0.3 is 9.84 Å². The Hall–Kier alpha value is -2.36. The fraction of sp³-hybridized carbons (Fsp3) is 0.556. The number of rotatable bonds is 12. The molecule has 0 aromatic heterocycles. The number of hydrogen-bond donors (Lipinski definition) is 1. The number of benzene rings is 1. The molecular formula is C27H38O4. The Bertz CT molecular complexity index is 752. The zero-order valence-electron chi connectivity index (χ0n) is 19.2. The van der Waals surface area contributed by atoms with E-state index in [4.69, 9.17) is 4.74 Å². The second-order valence-electron chi connectivity index (χ2n) is 8.87. The van der Waals surface area contributed by atoms with Gasteiger partial charge in [0.25, 0.3) is 0 Å². The van der Waals surface area contributed by atoms with Crippen molar-refractivity contribution in [3.63, 3.8) is 0 Å². The van der Waals surface area contributed by atoms with Crippen molar-refractivity contribution in [2.45, 2.75) is 84.0 Å². The van der Waals surface area contributed by atoms with E-state index in [1.54, 1.807) is 13.0 Å². The lowest BCUT2D eigenvalue weighted by Crippen LogP contribution is -2.13. The Morgan fingerprint density at radius 1 is 1.10 bits per heavy atom. The molecule has 0 aliphatic heterocycles. The maximum Gasteiger partial charge on any atom is 0.333 e. The average molecular weight is 427 g/mol. The molecule has 4 heteroatoms. The van der Waals surface area contributed by atoms with Gasteiger partial charge in [0.05, 0.1) is 6.61 Å². The lowest BCUT2D eigenvalue weighted by Gasteiger charge is -2.29. The number of ether oxygens (including phenoxy) is 1. The first-order chi connectivity index (χ1) is 14.9. The molecule has 31 heavy (non-hydrogen) atoms. The fourth-order valence-electron chi connectivity index (χ4n) is 4.33. The van der Waals surface area contributed by atoms with Gasteiger partial charge >= 0.3 is 11.9 Å². The molecule has 0 spiro atoms. The summed E-state index contributed by atoms with van der Waals surface area (Å²) < 4.78 is 5.02. The van der Waals surface area contributed by atoms with Crippen LogP contribution in [-0.4, -0.2) is 23.7 Å². The molecule has 0 heterocycles. The van der Waals surface area contributed by atoms with Crippen LogP contribution in [0.3, 0.4) is 0 Å². The van der Waals surface area contributed by atoms with Gasteiger partial charge in [0, 0.05) is 17.6 Å². The molecule has 170 valence electrons. The molecule has 1 fully saturated rings. The molecule has 0 radical (unpaired) electrons. The van der Waals surface area contributed by atoms with Crippen molar-refractivity contribution in [2.75, 3.05) is 6.61 Å². The van der Waals surface area contributed by atoms with Gasteiger partial charge in [0.1, 0.15) is 0 Å². The van der Waals surface area contributed by atoms with Crippen LogP contribution in [-0.2, 0) is 14.3 Å². The van der Waals surface area contributed by atoms with E-state index in [9.17, 15) is 14.7 Å². The first kappa shape index (κ1) is 24.9. The average Bonchev–Trinajstić information content (AvgIpc) is 2.76. The van der Waals surface area contributed by atoms with Crippen molar-refractivity contribution in [1.82, 2.24) is 0 Å². The van der Waals surface area contributed by atoms with Gasteiger partial charge in [-0.2, -0.15) is 0 Å². The van der Waals surface area contributed by atoms with Crippen LogP contribution in [0.25, 0.3) is 6.08 Å². The van der Waals surface area contributed by atoms with E-state index in [2.05, 4.69) is 25.6 Å². The van der Waals surface area contributed by atoms with E-state index in [-0.39, 0.29) is 18.6 Å². The molecule has 0 bridgehead atoms. The van der Waals surface area contributed by atoms with Gasteiger partial charge in [0.2, 0.25) is 0 Å². The zero-order chi connectivity index (χ0) is 22.6. The van der Waals surface area contributed by atoms with E-state index in [0.717, 1.165) is 11.5 Å². The molecule has 1 aromatic carbocycles. The Kier molecular flexibility index (Phi) is 10.6. The number of hydrogen-bond acceptors (Lipinski definition) is 3. The van der Waals surface area contributed by atoms with E-state index in [1.807, 2.05) is 12.1 Å². The van der Waals surface area contributed by atoms with Crippen LogP contribution in [0.4, 0.5) is 0 Å². The van der Waals surface area contributed by atoms with Crippen molar-refractivity contribution < 1.29 is 19.4 Å². The largest absolute Gasteiger partial charge is 0.478 e. The molecular weight excluding hydrogens is 388 g/mol. The van der Waals surface area contributed by atoms with Crippen LogP contribution >= 0.6 is 0 Å². The Morgan fingerprint density at radius 2 is 1.77 bits per heavy atom. The van der Waals surface area contributed by atoms with Crippen LogP contribution in [0.2, 0.25) is 0 Å². The molecule has 1 aliphatic carbocycles. The molecule has 0 saturated heterocycles. The number of esters is 1. The molecule has 1 N–H and O–H groups in total. The summed E-state index contributed by atoms with van der Waals surface area (Å²) in [6, 6.07) is 8.27. The second-order valence-corrected chi connectivity index (χ2v) is 8.87. The minimum atomic E-state index is -0.993. The molecule has 1 aliphatic rings. The predicted octanol–water partition coefficient (Wildman–Crippen LogP) is 6.91. The van der Waals surface area contributed by atoms with E-state index in [1.165, 1.54) is 63.4 Å². The number of aliphatic carboxylic acids is 1. The number of carboxylic acid groups (broad SMARTS) is 1. The van der Waals surface area contributed by atoms with Gasteiger partial charge in [-0.25, -0.2) is 9.59 Å². The summed E-state index contributed by atoms with van der Waals surface area (Å²) in [5.41, 5.74) is 2.75. The SMILES string of the molecule is C=C(C)C(=O)OCCC(=Cc1ccc(C2CCC(CCCCCC)CC2)cc1)C(=O)O. The Morgan fingerprint density at radius 3 is 2.35 bits per heavy atom. The van der Waals surface area contributed by atoms with Gasteiger partial charge in [0.15, 0.2) is 0 Å². The Labute approximate surface area is 187 Å². The van der Waals surface area contributed by atoms with Gasteiger partial charge in [-0.1, -0.05) is 69.9 Å². The van der Waals surface area contributed by atoms with E-state index in [0.29, 0.717) is 11.5 Å². The molecule has 1 aromatic rings. The van der Waals surface area contributed by atoms with E-state index >= 15 is 0 Å². The topological polar surface area (TPSA) is 63.6 Å².